The molecule has 0 radical (unpaired) electrons. The van der Waals surface area contributed by atoms with Crippen LogP contribution in [0.4, 0.5) is 34.1 Å². The number of nitrogens with zero attached hydrogens (tertiary/aromatic N) is 4. The molecule has 7 heteroatoms. The van der Waals surface area contributed by atoms with Gasteiger partial charge in [0.25, 0.3) is 0 Å². The second kappa shape index (κ2) is 13.1. The molecule has 0 amide bonds. The molecular formula is C53H36N4O3. The maximum absolute atomic E-state index is 6.51. The van der Waals surface area contributed by atoms with Crippen LogP contribution in [0.5, 0.6) is 11.5 Å². The van der Waals surface area contributed by atoms with Gasteiger partial charge in [-0.2, -0.15) is 0 Å². The first-order valence-electron chi connectivity index (χ1n) is 20.1. The highest BCUT2D eigenvalue weighted by Crippen LogP contribution is 2.54. The van der Waals surface area contributed by atoms with Crippen molar-refractivity contribution >= 4 is 56.3 Å². The Balaban J connectivity index is 1.13. The van der Waals surface area contributed by atoms with Gasteiger partial charge in [0, 0.05) is 27.9 Å². The second-order valence-corrected chi connectivity index (χ2v) is 15.9. The summed E-state index contributed by atoms with van der Waals surface area (Å²) in [6.45, 7) is 4.62. The average molecular weight is 777 g/mol. The molecule has 7 nitrogen and oxygen atoms in total. The molecule has 2 aliphatic heterocycles. The molecule has 2 aromatic heterocycles. The van der Waals surface area contributed by atoms with Gasteiger partial charge in [-0.1, -0.05) is 98.8 Å². The van der Waals surface area contributed by atoms with Gasteiger partial charge in [0.15, 0.2) is 22.7 Å². The Labute approximate surface area is 346 Å². The van der Waals surface area contributed by atoms with Crippen molar-refractivity contribution in [3.63, 3.8) is 0 Å². The Kier molecular flexibility index (Phi) is 7.44. The fraction of sp³-hybridized carbons (Fsp3) is 0.0566. The fourth-order valence-electron chi connectivity index (χ4n) is 8.98. The van der Waals surface area contributed by atoms with E-state index in [4.69, 9.17) is 23.5 Å². The van der Waals surface area contributed by atoms with Gasteiger partial charge in [-0.25, -0.2) is 9.97 Å². The van der Waals surface area contributed by atoms with Crippen LogP contribution in [0.3, 0.4) is 0 Å². The Bertz CT molecular complexity index is 3160. The van der Waals surface area contributed by atoms with E-state index in [1.54, 1.807) is 0 Å². The smallest absolute Gasteiger partial charge is 0.227 e. The minimum Gasteiger partial charge on any atom is -0.453 e. The quantitative estimate of drug-likeness (QED) is 0.172. The predicted molar refractivity (Wildman–Crippen MR) is 239 cm³/mol. The number of oxazole rings is 2. The van der Waals surface area contributed by atoms with E-state index in [-0.39, 0.29) is 5.41 Å². The predicted octanol–water partition coefficient (Wildman–Crippen LogP) is 14.7. The molecule has 0 atom stereocenters. The molecule has 0 saturated heterocycles. The molecule has 60 heavy (non-hydrogen) atoms. The third-order valence-corrected chi connectivity index (χ3v) is 11.8. The Morgan fingerprint density at radius 1 is 0.400 bits per heavy atom. The van der Waals surface area contributed by atoms with Gasteiger partial charge in [-0.3, -0.25) is 0 Å². The molecule has 4 heterocycles. The summed E-state index contributed by atoms with van der Waals surface area (Å²) < 4.78 is 19.4. The lowest BCUT2D eigenvalue weighted by molar-refractivity contribution is 0.477. The summed E-state index contributed by atoms with van der Waals surface area (Å²) >= 11 is 0. The molecule has 12 rings (SSSR count). The van der Waals surface area contributed by atoms with Crippen LogP contribution >= 0.6 is 0 Å². The number of aromatic nitrogens is 2. The van der Waals surface area contributed by atoms with Crippen LogP contribution < -0.4 is 14.5 Å². The third-order valence-electron chi connectivity index (χ3n) is 11.8. The number of ether oxygens (including phenoxy) is 1. The Morgan fingerprint density at radius 3 is 1.27 bits per heavy atom. The van der Waals surface area contributed by atoms with Crippen molar-refractivity contribution in [3.8, 4) is 45.5 Å². The number of rotatable bonds is 5. The van der Waals surface area contributed by atoms with Crippen LogP contribution in [0.1, 0.15) is 25.0 Å². The van der Waals surface area contributed by atoms with Gasteiger partial charge in [0.2, 0.25) is 11.8 Å². The molecule has 0 fully saturated rings. The zero-order valence-corrected chi connectivity index (χ0v) is 32.8. The van der Waals surface area contributed by atoms with Crippen LogP contribution in [0, 0.1) is 0 Å². The van der Waals surface area contributed by atoms with Crippen molar-refractivity contribution in [2.24, 2.45) is 0 Å². The number of anilines is 6. The molecule has 0 bridgehead atoms. The summed E-state index contributed by atoms with van der Waals surface area (Å²) in [5.74, 6) is 2.63. The lowest BCUT2D eigenvalue weighted by Crippen LogP contribution is -2.30. The summed E-state index contributed by atoms with van der Waals surface area (Å²) in [4.78, 5) is 14.6. The summed E-state index contributed by atoms with van der Waals surface area (Å²) in [6.07, 6.45) is 0. The molecule has 286 valence electrons. The third kappa shape index (κ3) is 5.36. The van der Waals surface area contributed by atoms with Gasteiger partial charge in [0.1, 0.15) is 11.0 Å². The van der Waals surface area contributed by atoms with Crippen LogP contribution in [0.2, 0.25) is 0 Å². The summed E-state index contributed by atoms with van der Waals surface area (Å²) in [5.41, 5.74) is 15.0. The zero-order valence-electron chi connectivity index (χ0n) is 32.8. The Morgan fingerprint density at radius 2 is 0.783 bits per heavy atom. The lowest BCUT2D eigenvalue weighted by Gasteiger charge is -2.42. The summed E-state index contributed by atoms with van der Waals surface area (Å²) in [6, 6.07) is 62.7. The largest absolute Gasteiger partial charge is 0.453 e. The first-order valence-corrected chi connectivity index (χ1v) is 20.1. The number of fused-ring (bicyclic) bond motifs is 6. The van der Waals surface area contributed by atoms with Gasteiger partial charge in [-0.05, 0) is 119 Å². The average Bonchev–Trinajstić information content (AvgIpc) is 3.94. The van der Waals surface area contributed by atoms with E-state index in [9.17, 15) is 0 Å². The molecule has 8 aromatic carbocycles. The van der Waals surface area contributed by atoms with Gasteiger partial charge in [0.05, 0.1) is 22.7 Å². The second-order valence-electron chi connectivity index (χ2n) is 15.9. The maximum atomic E-state index is 6.51. The van der Waals surface area contributed by atoms with Crippen molar-refractivity contribution in [2.75, 3.05) is 9.80 Å². The molecular weight excluding hydrogens is 741 g/mol. The number of hydrogen-bond acceptors (Lipinski definition) is 7. The van der Waals surface area contributed by atoms with E-state index in [0.29, 0.717) is 11.8 Å². The number of para-hydroxylation sites is 10. The van der Waals surface area contributed by atoms with Crippen molar-refractivity contribution < 1.29 is 13.6 Å². The maximum Gasteiger partial charge on any atom is 0.227 e. The van der Waals surface area contributed by atoms with Crippen molar-refractivity contribution in [2.45, 2.75) is 19.3 Å². The molecule has 0 aliphatic carbocycles. The van der Waals surface area contributed by atoms with E-state index < -0.39 is 0 Å². The normalized spacial score (nSPS) is 13.7. The highest BCUT2D eigenvalue weighted by Gasteiger charge is 2.37. The monoisotopic (exact) mass is 776 g/mol. The number of benzene rings is 8. The van der Waals surface area contributed by atoms with Crippen molar-refractivity contribution in [1.29, 1.82) is 0 Å². The first kappa shape index (κ1) is 34.2. The van der Waals surface area contributed by atoms with E-state index in [2.05, 4.69) is 121 Å². The fourth-order valence-corrected chi connectivity index (χ4v) is 8.98. The molecule has 0 unspecified atom stereocenters. The minimum absolute atomic E-state index is 0.210. The Hall–Kier alpha value is -7.90. The molecule has 0 spiro atoms. The molecule has 10 aromatic rings. The van der Waals surface area contributed by atoms with Crippen LogP contribution in [-0.4, -0.2) is 9.97 Å². The van der Waals surface area contributed by atoms with E-state index >= 15 is 0 Å². The van der Waals surface area contributed by atoms with E-state index in [1.807, 2.05) is 84.9 Å². The molecule has 0 saturated carbocycles. The van der Waals surface area contributed by atoms with E-state index in [1.165, 1.54) is 11.1 Å². The van der Waals surface area contributed by atoms with Crippen molar-refractivity contribution in [1.82, 2.24) is 9.97 Å². The van der Waals surface area contributed by atoms with Gasteiger partial charge < -0.3 is 23.4 Å². The first-order chi connectivity index (χ1) is 29.5. The lowest BCUT2D eigenvalue weighted by atomic mass is 9.73. The highest BCUT2D eigenvalue weighted by molar-refractivity contribution is 5.93. The van der Waals surface area contributed by atoms with E-state index in [0.717, 1.165) is 90.1 Å². The van der Waals surface area contributed by atoms with Crippen LogP contribution in [0.15, 0.2) is 191 Å². The number of hydrogen-bond donors (Lipinski definition) is 0. The minimum atomic E-state index is -0.210. The van der Waals surface area contributed by atoms with Gasteiger partial charge >= 0.3 is 0 Å². The zero-order chi connectivity index (χ0) is 40.0. The van der Waals surface area contributed by atoms with Gasteiger partial charge in [-0.15, -0.1) is 0 Å². The van der Waals surface area contributed by atoms with Crippen molar-refractivity contribution in [3.05, 3.63) is 193 Å². The van der Waals surface area contributed by atoms with Crippen LogP contribution in [0.25, 0.3) is 56.2 Å². The standard InChI is InChI=1S/C53H36N4O3/c1-53(2)39-15-3-7-19-43(39)56(44-20-8-4-16-40(44)53)37-29-33(27-35(31-37)51-54-41-17-5-11-23-47(41)59-51)34-28-36(52-55-42-18-6-12-24-48(42)60-52)32-38(30-34)57-45-21-9-13-25-49(45)58-50-26-14-10-22-46(50)57/h3-32H,1-2H3. The highest BCUT2D eigenvalue weighted by atomic mass is 16.5. The topological polar surface area (TPSA) is 67.8 Å². The summed E-state index contributed by atoms with van der Waals surface area (Å²) in [5, 5.41) is 0. The van der Waals surface area contributed by atoms with Crippen LogP contribution in [-0.2, 0) is 5.41 Å². The summed E-state index contributed by atoms with van der Waals surface area (Å²) in [7, 11) is 0. The molecule has 0 N–H and O–H groups in total. The SMILES string of the molecule is CC1(C)c2ccccc2N(c2cc(-c3cc(-c4nc5ccccc5o4)cc(N4c5ccccc5Oc5ccccc54)c3)cc(-c3nc4ccccc4o3)c2)c2ccccc21. The molecule has 2 aliphatic rings.